The lowest BCUT2D eigenvalue weighted by Gasteiger charge is -2.16. The van der Waals surface area contributed by atoms with Crippen LogP contribution in [-0.2, 0) is 18.3 Å². The van der Waals surface area contributed by atoms with Crippen LogP contribution >= 0.6 is 0 Å². The topological polar surface area (TPSA) is 165 Å². The standard InChI is InChI=1S/C16H21N5O6/c1-7(2)5-21-12(17)11(14(23)20(4)16(21)25)9(22)6-26-15(24)10-8(3)19-27-13(10)18/h7H,5-6,17-18H2,1-4H3. The summed E-state index contributed by atoms with van der Waals surface area (Å²) in [6.45, 7) is 4.64. The second-order valence-electron chi connectivity index (χ2n) is 6.42. The Morgan fingerprint density at radius 2 is 1.85 bits per heavy atom. The second kappa shape index (κ2) is 7.48. The molecule has 4 N–H and O–H groups in total. The Kier molecular flexibility index (Phi) is 5.52. The molecule has 2 aromatic rings. The van der Waals surface area contributed by atoms with Gasteiger partial charge in [0.25, 0.3) is 5.56 Å². The predicted molar refractivity (Wildman–Crippen MR) is 95.5 cm³/mol. The molecule has 0 fully saturated rings. The first-order valence-corrected chi connectivity index (χ1v) is 8.07. The fourth-order valence-electron chi connectivity index (χ4n) is 2.50. The van der Waals surface area contributed by atoms with E-state index < -0.39 is 35.2 Å². The van der Waals surface area contributed by atoms with Crippen LogP contribution in [0.1, 0.15) is 40.3 Å². The van der Waals surface area contributed by atoms with Crippen LogP contribution < -0.4 is 22.7 Å². The van der Waals surface area contributed by atoms with Gasteiger partial charge >= 0.3 is 11.7 Å². The van der Waals surface area contributed by atoms with E-state index >= 15 is 0 Å². The normalized spacial score (nSPS) is 11.0. The molecule has 0 atom stereocenters. The molecule has 2 heterocycles. The summed E-state index contributed by atoms with van der Waals surface area (Å²) < 4.78 is 11.5. The number of carbonyl (C=O) groups excluding carboxylic acids is 2. The number of carbonyl (C=O) groups is 2. The third-order valence-corrected chi connectivity index (χ3v) is 3.84. The molecule has 146 valence electrons. The van der Waals surface area contributed by atoms with Gasteiger partial charge in [-0.05, 0) is 12.8 Å². The van der Waals surface area contributed by atoms with Crippen molar-refractivity contribution in [3.8, 4) is 0 Å². The summed E-state index contributed by atoms with van der Waals surface area (Å²) in [6.07, 6.45) is 0. The largest absolute Gasteiger partial charge is 0.453 e. The summed E-state index contributed by atoms with van der Waals surface area (Å²) in [5, 5.41) is 3.51. The van der Waals surface area contributed by atoms with Crippen molar-refractivity contribution in [3.63, 3.8) is 0 Å². The summed E-state index contributed by atoms with van der Waals surface area (Å²) in [5.74, 6) is -2.23. The summed E-state index contributed by atoms with van der Waals surface area (Å²) >= 11 is 0. The number of nitrogens with two attached hydrogens (primary N) is 2. The lowest BCUT2D eigenvalue weighted by molar-refractivity contribution is 0.0474. The summed E-state index contributed by atoms with van der Waals surface area (Å²) in [4.78, 5) is 49.1. The first-order valence-electron chi connectivity index (χ1n) is 8.07. The van der Waals surface area contributed by atoms with E-state index in [9.17, 15) is 19.2 Å². The Bertz CT molecular complexity index is 994. The maximum Gasteiger partial charge on any atom is 0.346 e. The second-order valence-corrected chi connectivity index (χ2v) is 6.42. The van der Waals surface area contributed by atoms with E-state index in [1.807, 2.05) is 13.8 Å². The van der Waals surface area contributed by atoms with Crippen molar-refractivity contribution in [3.05, 3.63) is 37.7 Å². The van der Waals surface area contributed by atoms with Crippen molar-refractivity contribution in [1.82, 2.24) is 14.3 Å². The zero-order valence-electron chi connectivity index (χ0n) is 15.4. The van der Waals surface area contributed by atoms with Crippen LogP contribution in [0.25, 0.3) is 0 Å². The van der Waals surface area contributed by atoms with Gasteiger partial charge in [-0.2, -0.15) is 0 Å². The van der Waals surface area contributed by atoms with Crippen LogP contribution in [0.5, 0.6) is 0 Å². The minimum absolute atomic E-state index is 0.0443. The monoisotopic (exact) mass is 379 g/mol. The molecule has 11 heteroatoms. The highest BCUT2D eigenvalue weighted by molar-refractivity contribution is 6.03. The van der Waals surface area contributed by atoms with Gasteiger partial charge in [-0.25, -0.2) is 9.59 Å². The quantitative estimate of drug-likeness (QED) is 0.506. The zero-order valence-corrected chi connectivity index (χ0v) is 15.4. The van der Waals surface area contributed by atoms with Crippen molar-refractivity contribution in [2.45, 2.75) is 27.3 Å². The van der Waals surface area contributed by atoms with E-state index in [4.69, 9.17) is 16.2 Å². The number of anilines is 2. The highest BCUT2D eigenvalue weighted by atomic mass is 16.5. The molecule has 0 aliphatic rings. The number of ketones is 1. The predicted octanol–water partition coefficient (Wildman–Crippen LogP) is -0.296. The van der Waals surface area contributed by atoms with Gasteiger partial charge in [0.1, 0.15) is 16.9 Å². The molecule has 11 nitrogen and oxygen atoms in total. The van der Waals surface area contributed by atoms with E-state index in [-0.39, 0.29) is 35.4 Å². The molecular weight excluding hydrogens is 358 g/mol. The molecule has 0 aliphatic carbocycles. The number of nitrogen functional groups attached to an aromatic ring is 2. The maximum absolute atomic E-state index is 12.5. The van der Waals surface area contributed by atoms with E-state index in [0.29, 0.717) is 0 Å². The van der Waals surface area contributed by atoms with Crippen LogP contribution in [0, 0.1) is 12.8 Å². The summed E-state index contributed by atoms with van der Waals surface area (Å²) in [6, 6.07) is 0. The van der Waals surface area contributed by atoms with Gasteiger partial charge in [0.05, 0.1) is 5.69 Å². The van der Waals surface area contributed by atoms with E-state index in [2.05, 4.69) is 9.68 Å². The lowest BCUT2D eigenvalue weighted by Crippen LogP contribution is -2.43. The van der Waals surface area contributed by atoms with Gasteiger partial charge in [0, 0.05) is 13.6 Å². The minimum Gasteiger partial charge on any atom is -0.453 e. The highest BCUT2D eigenvalue weighted by Gasteiger charge is 2.25. The molecule has 0 amide bonds. The SMILES string of the molecule is Cc1noc(N)c1C(=O)OCC(=O)c1c(N)n(CC(C)C)c(=O)n(C)c1=O. The average Bonchev–Trinajstić information content (AvgIpc) is 2.93. The molecule has 27 heavy (non-hydrogen) atoms. The Labute approximate surface area is 153 Å². The third kappa shape index (κ3) is 3.76. The van der Waals surface area contributed by atoms with Gasteiger partial charge in [0.15, 0.2) is 6.61 Å². The molecular formula is C16H21N5O6. The molecule has 2 aromatic heterocycles. The summed E-state index contributed by atoms with van der Waals surface area (Å²) in [5.41, 5.74) is 9.57. The number of nitrogens with zero attached hydrogens (tertiary/aromatic N) is 3. The molecule has 0 bridgehead atoms. The first-order chi connectivity index (χ1) is 12.6. The van der Waals surface area contributed by atoms with Crippen molar-refractivity contribution in [2.75, 3.05) is 18.1 Å². The van der Waals surface area contributed by atoms with Crippen molar-refractivity contribution in [2.24, 2.45) is 13.0 Å². The van der Waals surface area contributed by atoms with E-state index in [1.165, 1.54) is 14.0 Å². The Hall–Kier alpha value is -3.37. The zero-order chi connectivity index (χ0) is 20.5. The molecule has 0 aliphatic heterocycles. The van der Waals surface area contributed by atoms with Gasteiger partial charge in [0.2, 0.25) is 11.7 Å². The summed E-state index contributed by atoms with van der Waals surface area (Å²) in [7, 11) is 1.24. The van der Waals surface area contributed by atoms with Crippen LogP contribution in [0.2, 0.25) is 0 Å². The Morgan fingerprint density at radius 3 is 2.37 bits per heavy atom. The maximum atomic E-state index is 12.5. The molecule has 0 unspecified atom stereocenters. The van der Waals surface area contributed by atoms with Crippen LogP contribution in [0.3, 0.4) is 0 Å². The lowest BCUT2D eigenvalue weighted by atomic mass is 10.1. The molecule has 2 rings (SSSR count). The first kappa shape index (κ1) is 19.9. The van der Waals surface area contributed by atoms with Crippen molar-refractivity contribution >= 4 is 23.5 Å². The molecule has 0 spiro atoms. The van der Waals surface area contributed by atoms with Gasteiger partial charge in [-0.3, -0.25) is 18.7 Å². The fourth-order valence-corrected chi connectivity index (χ4v) is 2.50. The minimum atomic E-state index is -0.925. The smallest absolute Gasteiger partial charge is 0.346 e. The molecule has 0 aromatic carbocycles. The van der Waals surface area contributed by atoms with Crippen LogP contribution in [0.4, 0.5) is 11.7 Å². The Balaban J connectivity index is 2.34. The fraction of sp³-hybridized carbons (Fsp3) is 0.438. The van der Waals surface area contributed by atoms with Crippen LogP contribution in [-0.4, -0.2) is 32.7 Å². The van der Waals surface area contributed by atoms with Gasteiger partial charge in [-0.1, -0.05) is 19.0 Å². The number of aromatic nitrogens is 3. The number of hydrogen-bond acceptors (Lipinski definition) is 9. The molecule has 0 saturated heterocycles. The number of rotatable bonds is 6. The van der Waals surface area contributed by atoms with Crippen molar-refractivity contribution in [1.29, 1.82) is 0 Å². The number of ether oxygens (including phenoxy) is 1. The number of Topliss-reactive ketones (excluding diaryl/α,β-unsaturated/α-hetero) is 1. The third-order valence-electron chi connectivity index (χ3n) is 3.84. The van der Waals surface area contributed by atoms with Gasteiger partial charge < -0.3 is 20.7 Å². The van der Waals surface area contributed by atoms with Gasteiger partial charge in [-0.15, -0.1) is 0 Å². The number of hydrogen-bond donors (Lipinski definition) is 2. The number of aryl methyl sites for hydroxylation is 1. The van der Waals surface area contributed by atoms with Crippen molar-refractivity contribution < 1.29 is 18.8 Å². The van der Waals surface area contributed by atoms with E-state index in [1.54, 1.807) is 0 Å². The van der Waals surface area contributed by atoms with E-state index in [0.717, 1.165) is 9.13 Å². The molecule has 0 saturated carbocycles. The highest BCUT2D eigenvalue weighted by Crippen LogP contribution is 2.17. The Morgan fingerprint density at radius 1 is 1.22 bits per heavy atom. The molecule has 0 radical (unpaired) electrons. The average molecular weight is 379 g/mol. The van der Waals surface area contributed by atoms with Crippen LogP contribution in [0.15, 0.2) is 14.1 Å². The number of esters is 1.